The Labute approximate surface area is 160 Å². The Balaban J connectivity index is 2.03. The van der Waals surface area contributed by atoms with Crippen LogP contribution in [0.15, 0.2) is 48.5 Å². The zero-order chi connectivity index (χ0) is 21.3. The zero-order valence-electron chi connectivity index (χ0n) is 14.4. The molecule has 0 atom stereocenters. The molecule has 10 heteroatoms. The van der Waals surface area contributed by atoms with Gasteiger partial charge in [0.05, 0.1) is 11.4 Å². The Morgan fingerprint density at radius 1 is 0.621 bits per heavy atom. The molecule has 0 saturated carbocycles. The van der Waals surface area contributed by atoms with Gasteiger partial charge in [-0.25, -0.2) is 13.2 Å². The number of anilines is 2. The van der Waals surface area contributed by atoms with Crippen molar-refractivity contribution in [2.24, 2.45) is 0 Å². The number of halogens is 6. The third kappa shape index (κ3) is 4.48. The van der Waals surface area contributed by atoms with Gasteiger partial charge in [-0.1, -0.05) is 0 Å². The molecule has 0 aromatic heterocycles. The van der Waals surface area contributed by atoms with Crippen molar-refractivity contribution in [2.45, 2.75) is 6.18 Å². The maximum Gasteiger partial charge on any atom is 0.422 e. The first kappa shape index (κ1) is 20.2. The summed E-state index contributed by atoms with van der Waals surface area (Å²) in [6.07, 6.45) is -5.09. The van der Waals surface area contributed by atoms with Crippen molar-refractivity contribution in [3.05, 3.63) is 71.5 Å². The van der Waals surface area contributed by atoms with Gasteiger partial charge in [0.15, 0.2) is 0 Å². The van der Waals surface area contributed by atoms with Gasteiger partial charge in [0.1, 0.15) is 46.0 Å². The highest BCUT2D eigenvalue weighted by Crippen LogP contribution is 2.43. The maximum absolute atomic E-state index is 14.2. The van der Waals surface area contributed by atoms with E-state index in [4.69, 9.17) is 20.9 Å². The monoisotopic (exact) mass is 414 g/mol. The summed E-state index contributed by atoms with van der Waals surface area (Å²) in [4.78, 5) is 0. The smallest absolute Gasteiger partial charge is 0.422 e. The molecule has 0 saturated heterocycles. The van der Waals surface area contributed by atoms with Crippen molar-refractivity contribution in [3.8, 4) is 23.0 Å². The van der Waals surface area contributed by atoms with Gasteiger partial charge in [0.25, 0.3) is 0 Å². The molecule has 3 rings (SSSR count). The van der Waals surface area contributed by atoms with E-state index in [0.717, 1.165) is 42.5 Å². The molecule has 3 aromatic carbocycles. The molecule has 3 aromatic rings. The number of hydrogen-bond acceptors (Lipinski definition) is 4. The van der Waals surface area contributed by atoms with E-state index >= 15 is 0 Å². The molecule has 0 heterocycles. The Hall–Kier alpha value is -3.56. The van der Waals surface area contributed by atoms with Crippen molar-refractivity contribution in [3.63, 3.8) is 0 Å². The van der Waals surface area contributed by atoms with Crippen LogP contribution in [0.4, 0.5) is 37.7 Å². The van der Waals surface area contributed by atoms with E-state index in [9.17, 15) is 26.3 Å². The second kappa shape index (κ2) is 7.46. The van der Waals surface area contributed by atoms with E-state index in [0.29, 0.717) is 6.07 Å². The summed E-state index contributed by atoms with van der Waals surface area (Å²) < 4.78 is 91.0. The van der Waals surface area contributed by atoms with Gasteiger partial charge in [0.2, 0.25) is 0 Å². The molecule has 0 aliphatic heterocycles. The van der Waals surface area contributed by atoms with Gasteiger partial charge in [-0.3, -0.25) is 0 Å². The van der Waals surface area contributed by atoms with Crippen molar-refractivity contribution in [1.29, 1.82) is 0 Å². The predicted octanol–water partition coefficient (Wildman–Crippen LogP) is 5.87. The molecule has 4 nitrogen and oxygen atoms in total. The van der Waals surface area contributed by atoms with Crippen molar-refractivity contribution in [1.82, 2.24) is 0 Å². The molecular formula is C19H12F6N2O2. The number of alkyl halides is 3. The normalized spacial score (nSPS) is 11.4. The van der Waals surface area contributed by atoms with E-state index in [1.165, 1.54) is 0 Å². The van der Waals surface area contributed by atoms with Crippen LogP contribution < -0.4 is 20.9 Å². The number of hydrogen-bond donors (Lipinski definition) is 2. The third-order valence-corrected chi connectivity index (χ3v) is 3.71. The second-order valence-electron chi connectivity index (χ2n) is 5.85. The zero-order valence-corrected chi connectivity index (χ0v) is 14.4. The lowest BCUT2D eigenvalue weighted by Crippen LogP contribution is -2.10. The lowest BCUT2D eigenvalue weighted by molar-refractivity contribution is -0.141. The highest BCUT2D eigenvalue weighted by atomic mass is 19.4. The quantitative estimate of drug-likeness (QED) is 0.414. The van der Waals surface area contributed by atoms with E-state index in [1.807, 2.05) is 0 Å². The Morgan fingerprint density at radius 2 is 1.14 bits per heavy atom. The summed E-state index contributed by atoms with van der Waals surface area (Å²) in [5, 5.41) is 0. The van der Waals surface area contributed by atoms with Crippen molar-refractivity contribution < 1.29 is 35.8 Å². The summed E-state index contributed by atoms with van der Waals surface area (Å²) in [7, 11) is 0. The minimum atomic E-state index is -5.09. The lowest BCUT2D eigenvalue weighted by atomic mass is 10.1. The molecule has 152 valence electrons. The Morgan fingerprint density at radius 3 is 1.62 bits per heavy atom. The number of rotatable bonds is 4. The number of nitrogens with two attached hydrogens (primary N) is 2. The fourth-order valence-corrected chi connectivity index (χ4v) is 2.41. The molecule has 0 fully saturated rings. The van der Waals surface area contributed by atoms with Gasteiger partial charge >= 0.3 is 6.18 Å². The molecule has 0 bridgehead atoms. The van der Waals surface area contributed by atoms with Crippen LogP contribution in [-0.2, 0) is 6.18 Å². The minimum absolute atomic E-state index is 0.0416. The van der Waals surface area contributed by atoms with Gasteiger partial charge in [-0.15, -0.1) is 0 Å². The van der Waals surface area contributed by atoms with Crippen LogP contribution in [0.2, 0.25) is 0 Å². The van der Waals surface area contributed by atoms with Crippen molar-refractivity contribution in [2.75, 3.05) is 11.5 Å². The van der Waals surface area contributed by atoms with E-state index in [1.54, 1.807) is 0 Å². The molecule has 0 spiro atoms. The molecular weight excluding hydrogens is 402 g/mol. The van der Waals surface area contributed by atoms with E-state index in [2.05, 4.69) is 0 Å². The average molecular weight is 414 g/mol. The molecule has 0 unspecified atom stereocenters. The largest absolute Gasteiger partial charge is 0.457 e. The molecule has 29 heavy (non-hydrogen) atoms. The minimum Gasteiger partial charge on any atom is -0.457 e. The molecule has 0 aliphatic carbocycles. The van der Waals surface area contributed by atoms with Gasteiger partial charge in [0, 0.05) is 24.3 Å². The molecule has 0 radical (unpaired) electrons. The molecule has 0 aliphatic rings. The molecule has 0 amide bonds. The van der Waals surface area contributed by atoms with E-state index < -0.39 is 34.9 Å². The highest BCUT2D eigenvalue weighted by molar-refractivity contribution is 5.51. The summed E-state index contributed by atoms with van der Waals surface area (Å²) in [5.41, 5.74) is 8.44. The van der Waals surface area contributed by atoms with Crippen LogP contribution in [0.1, 0.15) is 5.56 Å². The van der Waals surface area contributed by atoms with Crippen LogP contribution in [0.5, 0.6) is 23.0 Å². The maximum atomic E-state index is 14.2. The third-order valence-electron chi connectivity index (χ3n) is 3.71. The number of nitrogen functional groups attached to an aromatic ring is 2. The summed E-state index contributed by atoms with van der Waals surface area (Å²) in [6.45, 7) is 0. The average Bonchev–Trinajstić information content (AvgIpc) is 2.60. The van der Waals surface area contributed by atoms with Crippen LogP contribution in [0.25, 0.3) is 0 Å². The van der Waals surface area contributed by atoms with Gasteiger partial charge in [-0.2, -0.15) is 13.2 Å². The summed E-state index contributed by atoms with van der Waals surface area (Å²) in [5.74, 6) is -4.80. The van der Waals surface area contributed by atoms with E-state index in [-0.39, 0.29) is 28.6 Å². The Bertz CT molecular complexity index is 1070. The fourth-order valence-electron chi connectivity index (χ4n) is 2.41. The first-order chi connectivity index (χ1) is 13.5. The van der Waals surface area contributed by atoms with Crippen LogP contribution in [-0.4, -0.2) is 0 Å². The number of ether oxygens (including phenoxy) is 2. The predicted molar refractivity (Wildman–Crippen MR) is 93.2 cm³/mol. The fraction of sp³-hybridized carbons (Fsp3) is 0.0526. The van der Waals surface area contributed by atoms with Crippen LogP contribution in [0.3, 0.4) is 0 Å². The second-order valence-corrected chi connectivity index (χ2v) is 5.85. The summed E-state index contributed by atoms with van der Waals surface area (Å²) >= 11 is 0. The standard InChI is InChI=1S/C19H12F6N2O2/c20-12-3-1-9(6-15(12)26)28-11-5-14(22)18(19(23,24)25)17(8-11)29-10-2-4-13(21)16(27)7-10/h1-8H,26-27H2. The highest BCUT2D eigenvalue weighted by Gasteiger charge is 2.39. The van der Waals surface area contributed by atoms with Crippen LogP contribution in [0, 0.1) is 17.5 Å². The van der Waals surface area contributed by atoms with Gasteiger partial charge in [-0.05, 0) is 24.3 Å². The SMILES string of the molecule is Nc1cc(Oc2cc(F)c(C(F)(F)F)c(Oc3ccc(F)c(N)c3)c2)ccc1F. The number of benzene rings is 3. The summed E-state index contributed by atoms with van der Waals surface area (Å²) in [6, 6.07) is 7.34. The van der Waals surface area contributed by atoms with Crippen LogP contribution >= 0.6 is 0 Å². The molecule has 4 N–H and O–H groups in total. The lowest BCUT2D eigenvalue weighted by Gasteiger charge is -2.17. The van der Waals surface area contributed by atoms with Gasteiger partial charge < -0.3 is 20.9 Å². The topological polar surface area (TPSA) is 70.5 Å². The first-order valence-corrected chi connectivity index (χ1v) is 7.91. The Kier molecular flexibility index (Phi) is 5.19. The van der Waals surface area contributed by atoms with Crippen molar-refractivity contribution >= 4 is 11.4 Å². The first-order valence-electron chi connectivity index (χ1n) is 7.91.